The number of carbonyl (C=O) groups is 1. The lowest BCUT2D eigenvalue weighted by molar-refractivity contribution is 0.0525. The number of hydrogen-bond acceptors (Lipinski definition) is 3. The summed E-state index contributed by atoms with van der Waals surface area (Å²) >= 11 is 0. The van der Waals surface area contributed by atoms with Gasteiger partial charge in [0.05, 0.1) is 12.2 Å². The Bertz CT molecular complexity index is 513. The predicted octanol–water partition coefficient (Wildman–Crippen LogP) is 2.88. The quantitative estimate of drug-likeness (QED) is 0.821. The van der Waals surface area contributed by atoms with Gasteiger partial charge >= 0.3 is 5.97 Å². The van der Waals surface area contributed by atoms with Crippen LogP contribution in [-0.4, -0.2) is 31.3 Å². The van der Waals surface area contributed by atoms with Gasteiger partial charge in [0.1, 0.15) is 11.5 Å². The summed E-state index contributed by atoms with van der Waals surface area (Å²) in [5, 5.41) is 3.11. The molecule has 0 radical (unpaired) electrons. The first kappa shape index (κ1) is 15.9. The molecule has 1 heterocycles. The molecule has 5 heteroatoms. The minimum absolute atomic E-state index is 0.0909. The first-order chi connectivity index (χ1) is 9.89. The summed E-state index contributed by atoms with van der Waals surface area (Å²) in [5.74, 6) is -0.795. The number of benzene rings is 1. The molecule has 0 saturated carbocycles. The van der Waals surface area contributed by atoms with E-state index >= 15 is 0 Å². The molecule has 1 aromatic carbocycles. The van der Waals surface area contributed by atoms with Crippen molar-refractivity contribution in [2.24, 2.45) is 5.92 Å². The highest BCUT2D eigenvalue weighted by atomic mass is 19.1. The van der Waals surface area contributed by atoms with Gasteiger partial charge in [0, 0.05) is 6.42 Å². The van der Waals surface area contributed by atoms with Crippen molar-refractivity contribution in [2.75, 3.05) is 19.7 Å². The van der Waals surface area contributed by atoms with Gasteiger partial charge in [-0.1, -0.05) is 0 Å². The Labute approximate surface area is 123 Å². The maximum atomic E-state index is 14.6. The number of nitrogens with one attached hydrogen (secondary N) is 1. The molecule has 116 valence electrons. The SMILES string of the molecule is CCOC(=O)c1cc(F)cc(CC(C)(F)CC2CNC2)c1. The van der Waals surface area contributed by atoms with E-state index in [4.69, 9.17) is 4.74 Å². The molecule has 0 aromatic heterocycles. The van der Waals surface area contributed by atoms with E-state index in [9.17, 15) is 13.6 Å². The molecule has 21 heavy (non-hydrogen) atoms. The Balaban J connectivity index is 2.09. The van der Waals surface area contributed by atoms with Gasteiger partial charge in [-0.2, -0.15) is 0 Å². The maximum Gasteiger partial charge on any atom is 0.338 e. The van der Waals surface area contributed by atoms with Gasteiger partial charge < -0.3 is 10.1 Å². The molecule has 1 fully saturated rings. The van der Waals surface area contributed by atoms with E-state index < -0.39 is 17.5 Å². The monoisotopic (exact) mass is 297 g/mol. The van der Waals surface area contributed by atoms with Crippen molar-refractivity contribution in [1.29, 1.82) is 0 Å². The number of esters is 1. The first-order valence-electron chi connectivity index (χ1n) is 7.26. The van der Waals surface area contributed by atoms with Crippen LogP contribution in [0.25, 0.3) is 0 Å². The number of hydrogen-bond donors (Lipinski definition) is 1. The Morgan fingerprint density at radius 2 is 2.14 bits per heavy atom. The zero-order valence-electron chi connectivity index (χ0n) is 12.4. The van der Waals surface area contributed by atoms with Crippen LogP contribution in [0.5, 0.6) is 0 Å². The highest BCUT2D eigenvalue weighted by Gasteiger charge is 2.31. The van der Waals surface area contributed by atoms with E-state index in [0.29, 0.717) is 17.9 Å². The smallest absolute Gasteiger partial charge is 0.338 e. The van der Waals surface area contributed by atoms with Crippen LogP contribution in [0.3, 0.4) is 0 Å². The molecule has 1 aliphatic heterocycles. The highest BCUT2D eigenvalue weighted by molar-refractivity contribution is 5.89. The summed E-state index contributed by atoms with van der Waals surface area (Å²) in [6.45, 7) is 5.09. The van der Waals surface area contributed by atoms with Crippen LogP contribution in [0.1, 0.15) is 36.2 Å². The summed E-state index contributed by atoms with van der Waals surface area (Å²) in [6.07, 6.45) is 0.527. The van der Waals surface area contributed by atoms with E-state index in [2.05, 4.69) is 5.32 Å². The number of ether oxygens (including phenoxy) is 1. The minimum atomic E-state index is -1.41. The number of halogens is 2. The fraction of sp³-hybridized carbons (Fsp3) is 0.562. The molecule has 0 spiro atoms. The Morgan fingerprint density at radius 1 is 1.43 bits per heavy atom. The molecule has 1 saturated heterocycles. The van der Waals surface area contributed by atoms with Crippen molar-refractivity contribution in [3.8, 4) is 0 Å². The average molecular weight is 297 g/mol. The van der Waals surface area contributed by atoms with Gasteiger partial charge in [0.2, 0.25) is 0 Å². The summed E-state index contributed by atoms with van der Waals surface area (Å²) < 4.78 is 33.0. The number of carbonyl (C=O) groups excluding carboxylic acids is 1. The molecule has 1 atom stereocenters. The van der Waals surface area contributed by atoms with Gasteiger partial charge in [-0.05, 0) is 63.0 Å². The molecule has 1 aromatic rings. The van der Waals surface area contributed by atoms with E-state index in [0.717, 1.165) is 19.2 Å². The topological polar surface area (TPSA) is 38.3 Å². The molecule has 1 aliphatic rings. The van der Waals surface area contributed by atoms with Crippen molar-refractivity contribution in [3.05, 3.63) is 35.1 Å². The largest absolute Gasteiger partial charge is 0.462 e. The number of alkyl halides is 1. The average Bonchev–Trinajstić information content (AvgIpc) is 2.33. The normalized spacial score (nSPS) is 17.9. The maximum absolute atomic E-state index is 14.6. The molecule has 0 aliphatic carbocycles. The third-order valence-corrected chi connectivity index (χ3v) is 3.62. The Kier molecular flexibility index (Phi) is 4.93. The first-order valence-corrected chi connectivity index (χ1v) is 7.26. The van der Waals surface area contributed by atoms with Crippen LogP contribution < -0.4 is 5.32 Å². The van der Waals surface area contributed by atoms with Crippen LogP contribution in [0.2, 0.25) is 0 Å². The molecule has 3 nitrogen and oxygen atoms in total. The molecule has 1 N–H and O–H groups in total. The third kappa shape index (κ3) is 4.49. The molecular weight excluding hydrogens is 276 g/mol. The Morgan fingerprint density at radius 3 is 2.71 bits per heavy atom. The van der Waals surface area contributed by atoms with Gasteiger partial charge in [-0.3, -0.25) is 0 Å². The van der Waals surface area contributed by atoms with Crippen LogP contribution in [-0.2, 0) is 11.2 Å². The summed E-state index contributed by atoms with van der Waals surface area (Å²) in [7, 11) is 0. The van der Waals surface area contributed by atoms with Crippen LogP contribution in [0.15, 0.2) is 18.2 Å². The summed E-state index contributed by atoms with van der Waals surface area (Å²) in [6, 6.07) is 3.91. The molecule has 2 rings (SSSR count). The van der Waals surface area contributed by atoms with E-state index in [1.54, 1.807) is 6.92 Å². The summed E-state index contributed by atoms with van der Waals surface area (Å²) in [5.41, 5.74) is -0.796. The van der Waals surface area contributed by atoms with Crippen molar-refractivity contribution in [1.82, 2.24) is 5.32 Å². The fourth-order valence-electron chi connectivity index (χ4n) is 2.68. The predicted molar refractivity (Wildman–Crippen MR) is 76.6 cm³/mol. The van der Waals surface area contributed by atoms with Gasteiger partial charge in [0.25, 0.3) is 0 Å². The Hall–Kier alpha value is -1.49. The lowest BCUT2D eigenvalue weighted by Crippen LogP contribution is -2.45. The van der Waals surface area contributed by atoms with Crippen LogP contribution in [0.4, 0.5) is 8.78 Å². The fourth-order valence-corrected chi connectivity index (χ4v) is 2.68. The van der Waals surface area contributed by atoms with E-state index in [-0.39, 0.29) is 18.6 Å². The van der Waals surface area contributed by atoms with Crippen molar-refractivity contribution in [2.45, 2.75) is 32.4 Å². The second kappa shape index (κ2) is 6.52. The van der Waals surface area contributed by atoms with E-state index in [1.165, 1.54) is 19.1 Å². The van der Waals surface area contributed by atoms with Gasteiger partial charge in [-0.25, -0.2) is 13.6 Å². The highest BCUT2D eigenvalue weighted by Crippen LogP contribution is 2.28. The minimum Gasteiger partial charge on any atom is -0.462 e. The van der Waals surface area contributed by atoms with Crippen LogP contribution >= 0.6 is 0 Å². The molecule has 1 unspecified atom stereocenters. The zero-order chi connectivity index (χ0) is 15.5. The second-order valence-electron chi connectivity index (χ2n) is 5.89. The van der Waals surface area contributed by atoms with Gasteiger partial charge in [0.15, 0.2) is 0 Å². The molecule has 0 bridgehead atoms. The molecule has 0 amide bonds. The van der Waals surface area contributed by atoms with Gasteiger partial charge in [-0.15, -0.1) is 0 Å². The lowest BCUT2D eigenvalue weighted by atomic mass is 9.85. The van der Waals surface area contributed by atoms with Crippen LogP contribution in [0, 0.1) is 11.7 Å². The second-order valence-corrected chi connectivity index (χ2v) is 5.89. The van der Waals surface area contributed by atoms with Crippen molar-refractivity contribution >= 4 is 5.97 Å². The third-order valence-electron chi connectivity index (χ3n) is 3.62. The molecular formula is C16H21F2NO2. The van der Waals surface area contributed by atoms with Crippen molar-refractivity contribution < 1.29 is 18.3 Å². The lowest BCUT2D eigenvalue weighted by Gasteiger charge is -2.32. The zero-order valence-corrected chi connectivity index (χ0v) is 12.4. The van der Waals surface area contributed by atoms with E-state index in [1.807, 2.05) is 0 Å². The summed E-state index contributed by atoms with van der Waals surface area (Å²) in [4.78, 5) is 11.7. The number of rotatable bonds is 6. The standard InChI is InChI=1S/C16H21F2NO2/c1-3-21-15(20)13-4-11(5-14(17)6-13)7-16(2,18)8-12-9-19-10-12/h4-6,12,19H,3,7-10H2,1-2H3. The van der Waals surface area contributed by atoms with Crippen molar-refractivity contribution in [3.63, 3.8) is 0 Å².